The number of rotatable bonds is 24. The van der Waals surface area contributed by atoms with E-state index in [9.17, 15) is 9.59 Å². The van der Waals surface area contributed by atoms with Crippen molar-refractivity contribution in [3.63, 3.8) is 0 Å². The normalized spacial score (nSPS) is 11.9. The molecule has 0 radical (unpaired) electrons. The highest BCUT2D eigenvalue weighted by Crippen LogP contribution is 2.22. The van der Waals surface area contributed by atoms with E-state index >= 15 is 0 Å². The molecular weight excluding hydrogens is 424 g/mol. The summed E-state index contributed by atoms with van der Waals surface area (Å²) >= 11 is 0. The van der Waals surface area contributed by atoms with E-state index in [4.69, 9.17) is 9.47 Å². The van der Waals surface area contributed by atoms with Crippen LogP contribution in [0.25, 0.3) is 0 Å². The predicted molar refractivity (Wildman–Crippen MR) is 144 cm³/mol. The number of unbranched alkanes of at least 4 members (excludes halogenated alkanes) is 14. The van der Waals surface area contributed by atoms with Crippen LogP contribution in [0, 0.1) is 0 Å². The van der Waals surface area contributed by atoms with Crippen molar-refractivity contribution >= 4 is 11.9 Å². The Bertz CT molecular complexity index is 524. The van der Waals surface area contributed by atoms with Gasteiger partial charge in [0.05, 0.1) is 13.2 Å². The van der Waals surface area contributed by atoms with Crippen molar-refractivity contribution < 1.29 is 19.1 Å². The second kappa shape index (κ2) is 24.8. The molecule has 0 saturated carbocycles. The molecule has 34 heavy (non-hydrogen) atoms. The van der Waals surface area contributed by atoms with Gasteiger partial charge in [-0.15, -0.1) is 0 Å². The van der Waals surface area contributed by atoms with Gasteiger partial charge in [-0.3, -0.25) is 0 Å². The average Bonchev–Trinajstić information content (AvgIpc) is 2.83. The highest BCUT2D eigenvalue weighted by atomic mass is 16.5. The van der Waals surface area contributed by atoms with Crippen LogP contribution in [0.3, 0.4) is 0 Å². The number of hydrogen-bond acceptors (Lipinski definition) is 4. The molecule has 0 rings (SSSR count). The van der Waals surface area contributed by atoms with Gasteiger partial charge < -0.3 is 9.47 Å². The minimum absolute atomic E-state index is 0.302. The minimum Gasteiger partial charge on any atom is -0.462 e. The summed E-state index contributed by atoms with van der Waals surface area (Å²) in [6.07, 6.45) is 21.4. The van der Waals surface area contributed by atoms with Crippen molar-refractivity contribution in [2.75, 3.05) is 13.2 Å². The molecule has 0 aromatic carbocycles. The molecule has 0 atom stereocenters. The molecule has 0 fully saturated rings. The molecule has 0 aromatic heterocycles. The van der Waals surface area contributed by atoms with Gasteiger partial charge in [-0.05, 0) is 32.1 Å². The van der Waals surface area contributed by atoms with E-state index in [0.29, 0.717) is 37.2 Å². The van der Waals surface area contributed by atoms with Gasteiger partial charge in [0.25, 0.3) is 0 Å². The quantitative estimate of drug-likeness (QED) is 0.0784. The van der Waals surface area contributed by atoms with Crippen LogP contribution < -0.4 is 0 Å². The first-order chi connectivity index (χ1) is 16.6. The average molecular weight is 481 g/mol. The second-order valence-electron chi connectivity index (χ2n) is 9.68. The maximum absolute atomic E-state index is 13.0. The molecule has 0 amide bonds. The van der Waals surface area contributed by atoms with Crippen LogP contribution in [-0.2, 0) is 19.1 Å². The number of carbonyl (C=O) groups is 2. The molecule has 0 N–H and O–H groups in total. The molecular formula is C30H56O4. The molecule has 0 aliphatic carbocycles. The number of hydrogen-bond donors (Lipinski definition) is 0. The number of ether oxygens (including phenoxy) is 2. The lowest BCUT2D eigenvalue weighted by Crippen LogP contribution is -2.18. The molecule has 0 unspecified atom stereocenters. The Labute approximate surface area is 211 Å². The van der Waals surface area contributed by atoms with Crippen molar-refractivity contribution in [3.8, 4) is 0 Å². The molecule has 0 aliphatic rings. The monoisotopic (exact) mass is 480 g/mol. The van der Waals surface area contributed by atoms with Crippen LogP contribution in [0.15, 0.2) is 11.1 Å². The Morgan fingerprint density at radius 1 is 0.412 bits per heavy atom. The molecule has 0 aromatic rings. The Hall–Kier alpha value is -1.32. The van der Waals surface area contributed by atoms with E-state index in [1.54, 1.807) is 0 Å². The van der Waals surface area contributed by atoms with Crippen LogP contribution in [0.4, 0.5) is 0 Å². The van der Waals surface area contributed by atoms with E-state index in [0.717, 1.165) is 44.9 Å². The molecule has 0 aliphatic heterocycles. The summed E-state index contributed by atoms with van der Waals surface area (Å²) in [5, 5.41) is 0. The maximum Gasteiger partial charge on any atom is 0.334 e. The van der Waals surface area contributed by atoms with E-state index in [2.05, 4.69) is 20.8 Å². The van der Waals surface area contributed by atoms with Gasteiger partial charge >= 0.3 is 11.9 Å². The van der Waals surface area contributed by atoms with E-state index in [1.165, 1.54) is 70.6 Å². The van der Waals surface area contributed by atoms with Crippen molar-refractivity contribution in [1.29, 1.82) is 0 Å². The summed E-state index contributed by atoms with van der Waals surface area (Å²) in [5.41, 5.74) is 1.12. The first-order valence-corrected chi connectivity index (χ1v) is 14.7. The molecule has 200 valence electrons. The zero-order chi connectivity index (χ0) is 25.3. The SMILES string of the molecule is CCCCCCCCOC(=O)/C(CCC)=C(/CCCCCCC)C(=O)OCCCCCCCC. The Balaban J connectivity index is 4.93. The smallest absolute Gasteiger partial charge is 0.334 e. The second-order valence-corrected chi connectivity index (χ2v) is 9.68. The lowest BCUT2D eigenvalue weighted by Gasteiger charge is -2.15. The summed E-state index contributed by atoms with van der Waals surface area (Å²) in [6, 6.07) is 0. The fourth-order valence-corrected chi connectivity index (χ4v) is 4.18. The van der Waals surface area contributed by atoms with Crippen LogP contribution in [0.5, 0.6) is 0 Å². The lowest BCUT2D eigenvalue weighted by atomic mass is 9.97. The molecule has 4 heteroatoms. The largest absolute Gasteiger partial charge is 0.462 e. The number of esters is 2. The lowest BCUT2D eigenvalue weighted by molar-refractivity contribution is -0.142. The van der Waals surface area contributed by atoms with Gasteiger partial charge in [0, 0.05) is 11.1 Å². The summed E-state index contributed by atoms with van der Waals surface area (Å²) < 4.78 is 11.3. The van der Waals surface area contributed by atoms with Gasteiger partial charge in [0.1, 0.15) is 0 Å². The van der Waals surface area contributed by atoms with Crippen molar-refractivity contribution in [3.05, 3.63) is 11.1 Å². The maximum atomic E-state index is 13.0. The van der Waals surface area contributed by atoms with E-state index < -0.39 is 0 Å². The van der Waals surface area contributed by atoms with Crippen molar-refractivity contribution in [1.82, 2.24) is 0 Å². The van der Waals surface area contributed by atoms with Crippen LogP contribution in [0.2, 0.25) is 0 Å². The van der Waals surface area contributed by atoms with Crippen molar-refractivity contribution in [2.24, 2.45) is 0 Å². The van der Waals surface area contributed by atoms with Crippen molar-refractivity contribution in [2.45, 2.75) is 156 Å². The first-order valence-electron chi connectivity index (χ1n) is 14.7. The minimum atomic E-state index is -0.310. The van der Waals surface area contributed by atoms with Gasteiger partial charge in [0.15, 0.2) is 0 Å². The fraction of sp³-hybridized carbons (Fsp3) is 0.867. The molecule has 0 bridgehead atoms. The Morgan fingerprint density at radius 3 is 1.18 bits per heavy atom. The summed E-state index contributed by atoms with van der Waals surface area (Å²) in [6.45, 7) is 9.55. The topological polar surface area (TPSA) is 52.6 Å². The number of carbonyl (C=O) groups excluding carboxylic acids is 2. The van der Waals surface area contributed by atoms with E-state index in [-0.39, 0.29) is 11.9 Å². The van der Waals surface area contributed by atoms with Gasteiger partial charge in [-0.2, -0.15) is 0 Å². The molecule has 0 spiro atoms. The highest BCUT2D eigenvalue weighted by molar-refractivity contribution is 6.00. The van der Waals surface area contributed by atoms with Crippen LogP contribution >= 0.6 is 0 Å². The first kappa shape index (κ1) is 32.7. The zero-order valence-electron chi connectivity index (χ0n) is 23.2. The zero-order valence-corrected chi connectivity index (χ0v) is 23.2. The predicted octanol–water partition coefficient (Wildman–Crippen LogP) is 9.25. The molecule has 4 nitrogen and oxygen atoms in total. The summed E-state index contributed by atoms with van der Waals surface area (Å²) in [4.78, 5) is 25.9. The standard InChI is InChI=1S/C30H56O4/c1-5-9-12-15-18-21-25-33-29(31)27(23-8-4)28(24-20-17-14-11-7-3)30(32)34-26-22-19-16-13-10-6-2/h5-26H2,1-4H3/b28-27-. The molecule has 0 saturated heterocycles. The summed E-state index contributed by atoms with van der Waals surface area (Å²) in [5.74, 6) is -0.612. The summed E-state index contributed by atoms with van der Waals surface area (Å²) in [7, 11) is 0. The van der Waals surface area contributed by atoms with Gasteiger partial charge in [-0.1, -0.05) is 124 Å². The highest BCUT2D eigenvalue weighted by Gasteiger charge is 2.22. The Morgan fingerprint density at radius 2 is 0.765 bits per heavy atom. The Kier molecular flexibility index (Phi) is 23.8. The molecule has 0 heterocycles. The van der Waals surface area contributed by atoms with Gasteiger partial charge in [0.2, 0.25) is 0 Å². The van der Waals surface area contributed by atoms with Crippen LogP contribution in [0.1, 0.15) is 156 Å². The third-order valence-corrected chi connectivity index (χ3v) is 6.35. The fourth-order valence-electron chi connectivity index (χ4n) is 4.18. The third kappa shape index (κ3) is 18.1. The van der Waals surface area contributed by atoms with Gasteiger partial charge in [-0.25, -0.2) is 9.59 Å². The third-order valence-electron chi connectivity index (χ3n) is 6.35. The van der Waals surface area contributed by atoms with Crippen LogP contribution in [-0.4, -0.2) is 25.2 Å². The van der Waals surface area contributed by atoms with E-state index in [1.807, 2.05) is 6.92 Å².